The van der Waals surface area contributed by atoms with Crippen molar-refractivity contribution in [3.05, 3.63) is 38.6 Å². The molecule has 2 aliphatic heterocycles. The molecule has 1 amide bonds. The summed E-state index contributed by atoms with van der Waals surface area (Å²) in [4.78, 5) is 34.9. The molecule has 40 heavy (non-hydrogen) atoms. The third-order valence-electron chi connectivity index (χ3n) is 6.91. The van der Waals surface area contributed by atoms with Gasteiger partial charge in [0.15, 0.2) is 0 Å². The number of thioether (sulfide) groups is 1. The van der Waals surface area contributed by atoms with Gasteiger partial charge in [-0.2, -0.15) is 18.2 Å². The van der Waals surface area contributed by atoms with Gasteiger partial charge < -0.3 is 9.64 Å². The number of halogens is 4. The number of benzene rings is 1. The van der Waals surface area contributed by atoms with Crippen LogP contribution in [0.3, 0.4) is 0 Å². The van der Waals surface area contributed by atoms with Crippen molar-refractivity contribution in [2.75, 3.05) is 23.7 Å². The number of nitrogens with zero attached hydrogens (tertiary/aromatic N) is 4. The molecule has 1 saturated heterocycles. The highest BCUT2D eigenvalue weighted by Gasteiger charge is 2.40. The van der Waals surface area contributed by atoms with Crippen LogP contribution >= 0.6 is 34.7 Å². The van der Waals surface area contributed by atoms with Crippen molar-refractivity contribution in [1.82, 2.24) is 14.5 Å². The number of carbonyl (C=O) groups is 1. The van der Waals surface area contributed by atoms with Crippen molar-refractivity contribution < 1.29 is 22.7 Å². The molecular weight excluding hydrogens is 585 g/mol. The molecule has 0 N–H and O–H groups in total. The highest BCUT2D eigenvalue weighted by molar-refractivity contribution is 7.99. The summed E-state index contributed by atoms with van der Waals surface area (Å²) in [5, 5.41) is 2.23. The third kappa shape index (κ3) is 5.42. The number of rotatable bonds is 2. The minimum absolute atomic E-state index is 0.0468. The summed E-state index contributed by atoms with van der Waals surface area (Å²) in [5.74, 6) is 0.755. The van der Waals surface area contributed by atoms with Gasteiger partial charge in [0.05, 0.1) is 28.2 Å². The first-order valence-corrected chi connectivity index (χ1v) is 15.2. The first-order valence-electron chi connectivity index (χ1n) is 13.0. The summed E-state index contributed by atoms with van der Waals surface area (Å²) >= 11 is 8.60. The Morgan fingerprint density at radius 1 is 1.15 bits per heavy atom. The summed E-state index contributed by atoms with van der Waals surface area (Å²) in [7, 11) is 0. The standard InChI is InChI=1S/C27H30ClF3N4O3S2/c1-14-11-33(12-15(2)35(14)25(37)38-26(3,4)5)23-17-10-18(27(29,30)31)20(19-9-16(28)13-40-19)22-21(17)34(24(36)32-23)7-6-8-39-22/h9-10,13-15H,6-8,11-12H2,1-5H3. The molecule has 216 valence electrons. The number of alkyl halides is 3. The lowest BCUT2D eigenvalue weighted by molar-refractivity contribution is -0.137. The van der Waals surface area contributed by atoms with Crippen LogP contribution in [-0.2, 0) is 17.5 Å². The minimum Gasteiger partial charge on any atom is -0.444 e. The molecule has 2 aromatic heterocycles. The van der Waals surface area contributed by atoms with E-state index in [0.717, 1.165) is 17.4 Å². The Labute approximate surface area is 243 Å². The fourth-order valence-corrected chi connectivity index (χ4v) is 7.86. The molecule has 0 radical (unpaired) electrons. The number of amides is 1. The van der Waals surface area contributed by atoms with E-state index in [-0.39, 0.29) is 41.9 Å². The molecule has 0 spiro atoms. The van der Waals surface area contributed by atoms with Gasteiger partial charge in [0, 0.05) is 45.7 Å². The lowest BCUT2D eigenvalue weighted by atomic mass is 10.0. The maximum atomic E-state index is 14.7. The van der Waals surface area contributed by atoms with Gasteiger partial charge in [0.1, 0.15) is 11.4 Å². The molecule has 1 fully saturated rings. The normalized spacial score (nSPS) is 20.1. The molecule has 0 bridgehead atoms. The van der Waals surface area contributed by atoms with E-state index in [1.54, 1.807) is 31.1 Å². The number of aromatic nitrogens is 2. The van der Waals surface area contributed by atoms with E-state index < -0.39 is 29.1 Å². The topological polar surface area (TPSA) is 67.7 Å². The lowest BCUT2D eigenvalue weighted by Gasteiger charge is -2.45. The van der Waals surface area contributed by atoms with Gasteiger partial charge in [-0.15, -0.1) is 23.1 Å². The second-order valence-electron chi connectivity index (χ2n) is 11.2. The van der Waals surface area contributed by atoms with Crippen LogP contribution in [0.4, 0.5) is 23.8 Å². The molecule has 0 saturated carbocycles. The van der Waals surface area contributed by atoms with Gasteiger partial charge in [0.2, 0.25) is 0 Å². The molecule has 2 atom stereocenters. The van der Waals surface area contributed by atoms with Crippen molar-refractivity contribution >= 4 is 57.5 Å². The Balaban J connectivity index is 1.70. The predicted molar refractivity (Wildman–Crippen MR) is 154 cm³/mol. The number of aryl methyl sites for hydroxylation is 1. The SMILES string of the molecule is CC1CN(c2nc(=O)n3c4c(c(-c5cc(Cl)cs5)c(C(F)(F)F)cc24)SCCC3)CC(C)N1C(=O)OC(C)(C)C. The lowest BCUT2D eigenvalue weighted by Crippen LogP contribution is -2.59. The molecular formula is C27H30ClF3N4O3S2. The Hall–Kier alpha value is -2.44. The van der Waals surface area contributed by atoms with E-state index in [4.69, 9.17) is 16.3 Å². The highest BCUT2D eigenvalue weighted by atomic mass is 35.5. The first-order chi connectivity index (χ1) is 18.7. The van der Waals surface area contributed by atoms with Gasteiger partial charge in [0.25, 0.3) is 0 Å². The van der Waals surface area contributed by atoms with Crippen molar-refractivity contribution in [2.45, 2.75) is 76.3 Å². The van der Waals surface area contributed by atoms with Crippen LogP contribution in [0, 0.1) is 0 Å². The van der Waals surface area contributed by atoms with Gasteiger partial charge >= 0.3 is 18.0 Å². The van der Waals surface area contributed by atoms with Crippen molar-refractivity contribution in [3.63, 3.8) is 0 Å². The predicted octanol–water partition coefficient (Wildman–Crippen LogP) is 7.13. The van der Waals surface area contributed by atoms with E-state index in [0.29, 0.717) is 39.0 Å². The van der Waals surface area contributed by atoms with Gasteiger partial charge in [-0.25, -0.2) is 9.59 Å². The molecule has 5 rings (SSSR count). The first kappa shape index (κ1) is 29.1. The monoisotopic (exact) mass is 614 g/mol. The molecule has 7 nitrogen and oxygen atoms in total. The Bertz CT molecular complexity index is 1520. The zero-order valence-electron chi connectivity index (χ0n) is 22.8. The third-order valence-corrected chi connectivity index (χ3v) is 9.39. The number of thiophene rings is 1. The average molecular weight is 615 g/mol. The van der Waals surface area contributed by atoms with Crippen molar-refractivity contribution in [3.8, 4) is 10.4 Å². The smallest absolute Gasteiger partial charge is 0.417 e. The maximum absolute atomic E-state index is 14.7. The summed E-state index contributed by atoms with van der Waals surface area (Å²) in [6.07, 6.45) is -4.50. The van der Waals surface area contributed by atoms with Crippen LogP contribution in [0.5, 0.6) is 0 Å². The highest BCUT2D eigenvalue weighted by Crippen LogP contribution is 2.49. The summed E-state index contributed by atoms with van der Waals surface area (Å²) in [6.45, 7) is 10.00. The Morgan fingerprint density at radius 2 is 1.82 bits per heavy atom. The largest absolute Gasteiger partial charge is 0.444 e. The number of piperazine rings is 1. The summed E-state index contributed by atoms with van der Waals surface area (Å²) in [6, 6.07) is 1.99. The molecule has 3 aromatic rings. The Kier molecular flexibility index (Phi) is 7.58. The molecule has 4 heterocycles. The molecule has 0 aliphatic carbocycles. The second kappa shape index (κ2) is 10.4. The summed E-state index contributed by atoms with van der Waals surface area (Å²) in [5.41, 5.74) is -1.46. The van der Waals surface area contributed by atoms with Crippen LogP contribution < -0.4 is 10.6 Å². The van der Waals surface area contributed by atoms with Crippen LogP contribution in [0.15, 0.2) is 27.2 Å². The zero-order valence-corrected chi connectivity index (χ0v) is 25.2. The van der Waals surface area contributed by atoms with Crippen molar-refractivity contribution in [1.29, 1.82) is 0 Å². The fraction of sp³-hybridized carbons (Fsp3) is 0.519. The van der Waals surface area contributed by atoms with Gasteiger partial charge in [-0.1, -0.05) is 11.6 Å². The fourth-order valence-electron chi connectivity index (χ4n) is 5.46. The van der Waals surface area contributed by atoms with E-state index in [1.807, 2.05) is 18.7 Å². The van der Waals surface area contributed by atoms with E-state index in [2.05, 4.69) is 4.98 Å². The van der Waals surface area contributed by atoms with E-state index in [9.17, 15) is 22.8 Å². The van der Waals surface area contributed by atoms with Crippen molar-refractivity contribution in [2.24, 2.45) is 0 Å². The zero-order chi connectivity index (χ0) is 29.1. The number of carbonyl (C=O) groups excluding carboxylic acids is 1. The number of anilines is 1. The molecule has 2 aliphatic rings. The quantitative estimate of drug-likeness (QED) is 0.306. The van der Waals surface area contributed by atoms with Crippen LogP contribution in [0.1, 0.15) is 46.6 Å². The summed E-state index contributed by atoms with van der Waals surface area (Å²) < 4.78 is 51.1. The Morgan fingerprint density at radius 3 is 2.40 bits per heavy atom. The van der Waals surface area contributed by atoms with E-state index in [1.165, 1.54) is 22.4 Å². The van der Waals surface area contributed by atoms with Crippen LogP contribution in [0.25, 0.3) is 21.3 Å². The van der Waals surface area contributed by atoms with E-state index >= 15 is 0 Å². The number of hydrogen-bond acceptors (Lipinski definition) is 7. The van der Waals surface area contributed by atoms with Crippen LogP contribution in [-0.4, -0.2) is 57.1 Å². The molecule has 2 unspecified atom stereocenters. The second-order valence-corrected chi connectivity index (χ2v) is 13.7. The van der Waals surface area contributed by atoms with Gasteiger partial charge in [-0.05, 0) is 58.9 Å². The minimum atomic E-state index is -4.66. The van der Waals surface area contributed by atoms with Crippen LogP contribution in [0.2, 0.25) is 5.02 Å². The molecule has 1 aromatic carbocycles. The number of hydrogen-bond donors (Lipinski definition) is 0. The van der Waals surface area contributed by atoms with Gasteiger partial charge in [-0.3, -0.25) is 9.47 Å². The average Bonchev–Trinajstić information content (AvgIpc) is 3.12. The maximum Gasteiger partial charge on any atom is 0.417 e. The molecule has 13 heteroatoms. The number of ether oxygens (including phenoxy) is 1.